The standard InChI is InChI=1S/C13H27N3/c1-13(2,10-14-12-4-5-12)11-16-8-6-15(3)7-9-16/h12,14H,4-11H2,1-3H3. The van der Waals surface area contributed by atoms with E-state index in [2.05, 4.69) is 36.0 Å². The van der Waals surface area contributed by atoms with Crippen LogP contribution >= 0.6 is 0 Å². The van der Waals surface area contributed by atoms with E-state index in [9.17, 15) is 0 Å². The van der Waals surface area contributed by atoms with Gasteiger partial charge in [0, 0.05) is 45.3 Å². The number of nitrogens with one attached hydrogen (secondary N) is 1. The summed E-state index contributed by atoms with van der Waals surface area (Å²) in [5.41, 5.74) is 0.415. The molecule has 0 radical (unpaired) electrons. The van der Waals surface area contributed by atoms with Gasteiger partial charge in [-0.25, -0.2) is 0 Å². The molecular weight excluding hydrogens is 198 g/mol. The molecule has 0 spiro atoms. The molecule has 0 aromatic carbocycles. The molecular formula is C13H27N3. The molecule has 2 aliphatic rings. The van der Waals surface area contributed by atoms with Crippen molar-refractivity contribution in [3.05, 3.63) is 0 Å². The van der Waals surface area contributed by atoms with Crippen LogP contribution in [0, 0.1) is 5.41 Å². The Morgan fingerprint density at radius 1 is 1.12 bits per heavy atom. The SMILES string of the molecule is CN1CCN(CC(C)(C)CNC2CC2)CC1. The first-order valence-electron chi connectivity index (χ1n) is 6.69. The molecule has 0 unspecified atom stereocenters. The smallest absolute Gasteiger partial charge is 0.0110 e. The van der Waals surface area contributed by atoms with Crippen LogP contribution in [0.5, 0.6) is 0 Å². The molecule has 2 rings (SSSR count). The van der Waals surface area contributed by atoms with Gasteiger partial charge in [-0.3, -0.25) is 0 Å². The van der Waals surface area contributed by atoms with Crippen molar-refractivity contribution in [2.75, 3.05) is 46.3 Å². The van der Waals surface area contributed by atoms with Crippen LogP contribution in [-0.4, -0.2) is 62.2 Å². The Morgan fingerprint density at radius 2 is 1.75 bits per heavy atom. The van der Waals surface area contributed by atoms with Crippen LogP contribution in [0.4, 0.5) is 0 Å². The number of hydrogen-bond donors (Lipinski definition) is 1. The molecule has 1 aliphatic heterocycles. The Labute approximate surface area is 100 Å². The van der Waals surface area contributed by atoms with E-state index in [1.54, 1.807) is 0 Å². The largest absolute Gasteiger partial charge is 0.313 e. The van der Waals surface area contributed by atoms with Crippen molar-refractivity contribution < 1.29 is 0 Å². The highest BCUT2D eigenvalue weighted by Crippen LogP contribution is 2.22. The van der Waals surface area contributed by atoms with Gasteiger partial charge in [-0.15, -0.1) is 0 Å². The predicted molar refractivity (Wildman–Crippen MR) is 68.7 cm³/mol. The molecule has 1 aliphatic carbocycles. The van der Waals surface area contributed by atoms with Crippen molar-refractivity contribution >= 4 is 0 Å². The Morgan fingerprint density at radius 3 is 2.31 bits per heavy atom. The predicted octanol–water partition coefficient (Wildman–Crippen LogP) is 1.01. The van der Waals surface area contributed by atoms with Crippen molar-refractivity contribution in [1.29, 1.82) is 0 Å². The Bertz CT molecular complexity index is 215. The minimum atomic E-state index is 0.415. The summed E-state index contributed by atoms with van der Waals surface area (Å²) in [4.78, 5) is 5.04. The first kappa shape index (κ1) is 12.3. The van der Waals surface area contributed by atoms with Crippen molar-refractivity contribution in [2.24, 2.45) is 5.41 Å². The van der Waals surface area contributed by atoms with Crippen LogP contribution in [0.1, 0.15) is 26.7 Å². The monoisotopic (exact) mass is 225 g/mol. The van der Waals surface area contributed by atoms with Gasteiger partial charge in [-0.05, 0) is 25.3 Å². The molecule has 94 valence electrons. The third kappa shape index (κ3) is 4.04. The highest BCUT2D eigenvalue weighted by atomic mass is 15.2. The molecule has 1 saturated carbocycles. The van der Waals surface area contributed by atoms with Gasteiger partial charge in [0.25, 0.3) is 0 Å². The van der Waals surface area contributed by atoms with Crippen molar-refractivity contribution in [2.45, 2.75) is 32.7 Å². The van der Waals surface area contributed by atoms with Crippen LogP contribution < -0.4 is 5.32 Å². The highest BCUT2D eigenvalue weighted by Gasteiger charge is 2.27. The van der Waals surface area contributed by atoms with E-state index in [4.69, 9.17) is 0 Å². The maximum Gasteiger partial charge on any atom is 0.0110 e. The summed E-state index contributed by atoms with van der Waals surface area (Å²) in [6, 6.07) is 0.840. The van der Waals surface area contributed by atoms with E-state index in [-0.39, 0.29) is 0 Å². The molecule has 3 heteroatoms. The summed E-state index contributed by atoms with van der Waals surface area (Å²) in [7, 11) is 2.22. The average Bonchev–Trinajstić information content (AvgIpc) is 3.02. The lowest BCUT2D eigenvalue weighted by atomic mass is 9.92. The molecule has 0 aromatic heterocycles. The maximum atomic E-state index is 3.66. The van der Waals surface area contributed by atoms with E-state index >= 15 is 0 Å². The summed E-state index contributed by atoms with van der Waals surface area (Å²) in [6.45, 7) is 12.1. The summed E-state index contributed by atoms with van der Waals surface area (Å²) in [6.07, 6.45) is 2.79. The average molecular weight is 225 g/mol. The van der Waals surface area contributed by atoms with Gasteiger partial charge < -0.3 is 15.1 Å². The number of rotatable bonds is 5. The quantitative estimate of drug-likeness (QED) is 0.753. The topological polar surface area (TPSA) is 18.5 Å². The third-order valence-electron chi connectivity index (χ3n) is 3.69. The zero-order valence-electron chi connectivity index (χ0n) is 11.1. The number of piperazine rings is 1. The van der Waals surface area contributed by atoms with Gasteiger partial charge in [0.05, 0.1) is 0 Å². The Hall–Kier alpha value is -0.120. The van der Waals surface area contributed by atoms with Crippen LogP contribution in [0.3, 0.4) is 0 Å². The van der Waals surface area contributed by atoms with Crippen molar-refractivity contribution in [3.63, 3.8) is 0 Å². The van der Waals surface area contributed by atoms with Crippen LogP contribution in [-0.2, 0) is 0 Å². The van der Waals surface area contributed by atoms with Crippen molar-refractivity contribution in [3.8, 4) is 0 Å². The molecule has 0 amide bonds. The van der Waals surface area contributed by atoms with E-state index in [0.29, 0.717) is 5.41 Å². The zero-order valence-corrected chi connectivity index (χ0v) is 11.1. The summed E-state index contributed by atoms with van der Waals surface area (Å²) >= 11 is 0. The molecule has 1 N–H and O–H groups in total. The lowest BCUT2D eigenvalue weighted by Crippen LogP contribution is -2.49. The lowest BCUT2D eigenvalue weighted by molar-refractivity contribution is 0.110. The van der Waals surface area contributed by atoms with E-state index < -0.39 is 0 Å². The summed E-state index contributed by atoms with van der Waals surface area (Å²) in [5.74, 6) is 0. The van der Waals surface area contributed by atoms with E-state index in [1.807, 2.05) is 0 Å². The number of likely N-dealkylation sites (N-methyl/N-ethyl adjacent to an activating group) is 1. The maximum absolute atomic E-state index is 3.66. The van der Waals surface area contributed by atoms with E-state index in [0.717, 1.165) is 6.04 Å². The Kier molecular flexibility index (Phi) is 3.88. The molecule has 1 heterocycles. The lowest BCUT2D eigenvalue weighted by Gasteiger charge is -2.37. The molecule has 1 saturated heterocycles. The fourth-order valence-corrected chi connectivity index (χ4v) is 2.38. The van der Waals surface area contributed by atoms with Gasteiger partial charge in [-0.1, -0.05) is 13.8 Å². The molecule has 0 bridgehead atoms. The molecule has 0 atom stereocenters. The second kappa shape index (κ2) is 5.03. The van der Waals surface area contributed by atoms with Gasteiger partial charge in [-0.2, -0.15) is 0 Å². The fraction of sp³-hybridized carbons (Fsp3) is 1.00. The van der Waals surface area contributed by atoms with Crippen LogP contribution in [0.2, 0.25) is 0 Å². The molecule has 2 fully saturated rings. The van der Waals surface area contributed by atoms with Gasteiger partial charge in [0.1, 0.15) is 0 Å². The second-order valence-electron chi connectivity index (χ2n) is 6.40. The van der Waals surface area contributed by atoms with Crippen molar-refractivity contribution in [1.82, 2.24) is 15.1 Å². The first-order chi connectivity index (χ1) is 7.55. The normalized spacial score (nSPS) is 24.9. The van der Waals surface area contributed by atoms with Gasteiger partial charge >= 0.3 is 0 Å². The Balaban J connectivity index is 1.69. The summed E-state index contributed by atoms with van der Waals surface area (Å²) in [5, 5.41) is 3.66. The number of hydrogen-bond acceptors (Lipinski definition) is 3. The molecule has 16 heavy (non-hydrogen) atoms. The summed E-state index contributed by atoms with van der Waals surface area (Å²) < 4.78 is 0. The third-order valence-corrected chi connectivity index (χ3v) is 3.69. The molecule has 3 nitrogen and oxygen atoms in total. The van der Waals surface area contributed by atoms with Gasteiger partial charge in [0.2, 0.25) is 0 Å². The minimum absolute atomic E-state index is 0.415. The highest BCUT2D eigenvalue weighted by molar-refractivity contribution is 4.86. The van der Waals surface area contributed by atoms with Gasteiger partial charge in [0.15, 0.2) is 0 Å². The second-order valence-corrected chi connectivity index (χ2v) is 6.40. The minimum Gasteiger partial charge on any atom is -0.313 e. The van der Waals surface area contributed by atoms with E-state index in [1.165, 1.54) is 52.1 Å². The van der Waals surface area contributed by atoms with Crippen LogP contribution in [0.15, 0.2) is 0 Å². The zero-order chi connectivity index (χ0) is 11.6. The molecule has 0 aromatic rings. The van der Waals surface area contributed by atoms with Crippen LogP contribution in [0.25, 0.3) is 0 Å². The first-order valence-corrected chi connectivity index (χ1v) is 6.69. The fourth-order valence-electron chi connectivity index (χ4n) is 2.38. The number of nitrogens with zero attached hydrogens (tertiary/aromatic N) is 2.